The van der Waals surface area contributed by atoms with Crippen LogP contribution in [0.25, 0.3) is 0 Å². The number of hydrogen-bond donors (Lipinski definition) is 0. The van der Waals surface area contributed by atoms with Gasteiger partial charge >= 0.3 is 6.18 Å². The van der Waals surface area contributed by atoms with Crippen molar-refractivity contribution in [2.45, 2.75) is 19.3 Å². The topological polar surface area (TPSA) is 30.3 Å². The molecule has 0 N–H and O–H groups in total. The molecule has 0 amide bonds. The predicted octanol–water partition coefficient (Wildman–Crippen LogP) is 4.66. The van der Waals surface area contributed by atoms with Crippen molar-refractivity contribution >= 4 is 0 Å². The van der Waals surface area contributed by atoms with Gasteiger partial charge in [-0.2, -0.15) is 13.2 Å². The average Bonchev–Trinajstić information content (AvgIpc) is 3.08. The maximum atomic E-state index is 14.1. The third kappa shape index (κ3) is 5.80. The highest BCUT2D eigenvalue weighted by molar-refractivity contribution is 5.28. The second-order valence-corrected chi connectivity index (χ2v) is 6.63. The lowest BCUT2D eigenvalue weighted by molar-refractivity contribution is -0.137. The first-order valence-corrected chi connectivity index (χ1v) is 9.05. The van der Waals surface area contributed by atoms with Gasteiger partial charge in [0.1, 0.15) is 24.0 Å². The van der Waals surface area contributed by atoms with E-state index in [0.717, 1.165) is 18.0 Å². The number of hydrogen-bond acceptors (Lipinski definition) is 3. The lowest BCUT2D eigenvalue weighted by Crippen LogP contribution is -2.29. The lowest BCUT2D eigenvalue weighted by atomic mass is 10.2. The van der Waals surface area contributed by atoms with Gasteiger partial charge in [0, 0.05) is 38.1 Å². The van der Waals surface area contributed by atoms with Crippen molar-refractivity contribution in [1.29, 1.82) is 0 Å². The number of aryl methyl sites for hydroxylation is 1. The van der Waals surface area contributed by atoms with Gasteiger partial charge in [-0.15, -0.1) is 0 Å². The fourth-order valence-corrected chi connectivity index (χ4v) is 2.86. The van der Waals surface area contributed by atoms with Crippen LogP contribution in [0.1, 0.15) is 17.0 Å². The maximum absolute atomic E-state index is 14.1. The molecule has 3 rings (SSSR count). The summed E-state index contributed by atoms with van der Waals surface area (Å²) in [6.45, 7) is 1.52. The Balaban J connectivity index is 1.63. The van der Waals surface area contributed by atoms with Gasteiger partial charge in [-0.25, -0.2) is 9.37 Å². The fraction of sp³-hybridized carbons (Fsp3) is 0.286. The summed E-state index contributed by atoms with van der Waals surface area (Å²) in [5.74, 6) is 0.873. The molecule has 0 aliphatic carbocycles. The van der Waals surface area contributed by atoms with Crippen LogP contribution in [0.4, 0.5) is 17.6 Å². The Labute approximate surface area is 166 Å². The molecule has 0 fully saturated rings. The van der Waals surface area contributed by atoms with E-state index in [1.807, 2.05) is 22.7 Å². The van der Waals surface area contributed by atoms with Crippen molar-refractivity contribution in [3.05, 3.63) is 83.7 Å². The van der Waals surface area contributed by atoms with Gasteiger partial charge in [0.2, 0.25) is 0 Å². The number of halogens is 4. The lowest BCUT2D eigenvalue weighted by Gasteiger charge is -2.22. The molecule has 0 unspecified atom stereocenters. The molecular weight excluding hydrogens is 386 g/mol. The van der Waals surface area contributed by atoms with Crippen molar-refractivity contribution in [3.8, 4) is 5.75 Å². The Morgan fingerprint density at radius 1 is 1.03 bits per heavy atom. The van der Waals surface area contributed by atoms with E-state index >= 15 is 0 Å². The first kappa shape index (κ1) is 20.9. The molecule has 0 aliphatic heterocycles. The van der Waals surface area contributed by atoms with Crippen molar-refractivity contribution in [2.24, 2.45) is 7.05 Å². The standard InChI is InChI=1S/C21H21F4N3O/c1-27-11-10-26-20(27)15-28(14-16-4-2-3-5-19(16)22)12-13-29-18-8-6-17(7-9-18)21(23,24)25/h2-11H,12-15H2,1H3. The van der Waals surface area contributed by atoms with Crippen LogP contribution in [0, 0.1) is 5.82 Å². The van der Waals surface area contributed by atoms with Crippen molar-refractivity contribution < 1.29 is 22.3 Å². The third-order valence-corrected chi connectivity index (χ3v) is 4.50. The fourth-order valence-electron chi connectivity index (χ4n) is 2.86. The van der Waals surface area contributed by atoms with Crippen LogP contribution in [0.5, 0.6) is 5.75 Å². The minimum absolute atomic E-state index is 0.240. The highest BCUT2D eigenvalue weighted by Gasteiger charge is 2.30. The molecule has 0 aliphatic rings. The number of alkyl halides is 3. The molecular formula is C21H21F4N3O. The van der Waals surface area contributed by atoms with Gasteiger partial charge in [-0.05, 0) is 30.3 Å². The molecule has 2 aromatic carbocycles. The van der Waals surface area contributed by atoms with Crippen LogP contribution >= 0.6 is 0 Å². The molecule has 4 nitrogen and oxygen atoms in total. The quantitative estimate of drug-likeness (QED) is 0.509. The summed E-state index contributed by atoms with van der Waals surface area (Å²) >= 11 is 0. The van der Waals surface area contributed by atoms with Crippen LogP contribution in [-0.2, 0) is 26.3 Å². The molecule has 0 bridgehead atoms. The van der Waals surface area contributed by atoms with Crippen LogP contribution in [0.15, 0.2) is 60.9 Å². The molecule has 29 heavy (non-hydrogen) atoms. The van der Waals surface area contributed by atoms with E-state index in [-0.39, 0.29) is 12.4 Å². The Bertz CT molecular complexity index is 922. The summed E-state index contributed by atoms with van der Waals surface area (Å²) < 4.78 is 59.5. The number of nitrogens with zero attached hydrogens (tertiary/aromatic N) is 3. The van der Waals surface area contributed by atoms with Gasteiger partial charge in [-0.1, -0.05) is 18.2 Å². The molecule has 154 valence electrons. The second kappa shape index (κ2) is 9.09. The van der Waals surface area contributed by atoms with Crippen LogP contribution in [0.3, 0.4) is 0 Å². The number of benzene rings is 2. The van der Waals surface area contributed by atoms with E-state index in [9.17, 15) is 17.6 Å². The highest BCUT2D eigenvalue weighted by atomic mass is 19.4. The molecule has 0 atom stereocenters. The molecule has 1 aromatic heterocycles. The van der Waals surface area contributed by atoms with Gasteiger partial charge < -0.3 is 9.30 Å². The summed E-state index contributed by atoms with van der Waals surface area (Å²) in [6.07, 6.45) is -0.859. The minimum atomic E-state index is -4.38. The normalized spacial score (nSPS) is 11.8. The zero-order valence-corrected chi connectivity index (χ0v) is 15.9. The summed E-state index contributed by atoms with van der Waals surface area (Å²) in [6, 6.07) is 11.1. The Morgan fingerprint density at radius 2 is 1.76 bits per heavy atom. The predicted molar refractivity (Wildman–Crippen MR) is 101 cm³/mol. The summed E-state index contributed by atoms with van der Waals surface area (Å²) in [5, 5.41) is 0. The Hall–Kier alpha value is -2.87. The summed E-state index contributed by atoms with van der Waals surface area (Å²) in [7, 11) is 1.88. The molecule has 8 heteroatoms. The SMILES string of the molecule is Cn1ccnc1CN(CCOc1ccc(C(F)(F)F)cc1)Cc1ccccc1F. The Morgan fingerprint density at radius 3 is 2.38 bits per heavy atom. The molecule has 3 aromatic rings. The van der Waals surface area contributed by atoms with E-state index in [2.05, 4.69) is 4.98 Å². The first-order valence-electron chi connectivity index (χ1n) is 9.05. The summed E-state index contributed by atoms with van der Waals surface area (Å²) in [4.78, 5) is 6.28. The van der Waals surface area contributed by atoms with Crippen LogP contribution in [0.2, 0.25) is 0 Å². The third-order valence-electron chi connectivity index (χ3n) is 4.50. The molecule has 0 saturated heterocycles. The minimum Gasteiger partial charge on any atom is -0.492 e. The second-order valence-electron chi connectivity index (χ2n) is 6.63. The molecule has 0 radical (unpaired) electrons. The number of aromatic nitrogens is 2. The molecule has 1 heterocycles. The van der Waals surface area contributed by atoms with Crippen LogP contribution in [-0.4, -0.2) is 27.6 Å². The van der Waals surface area contributed by atoms with E-state index in [1.54, 1.807) is 24.4 Å². The molecule has 0 saturated carbocycles. The Kier molecular flexibility index (Phi) is 6.53. The monoisotopic (exact) mass is 407 g/mol. The number of rotatable bonds is 8. The number of ether oxygens (including phenoxy) is 1. The maximum Gasteiger partial charge on any atom is 0.416 e. The average molecular weight is 407 g/mol. The van der Waals surface area contributed by atoms with Crippen molar-refractivity contribution in [2.75, 3.05) is 13.2 Å². The van der Waals surface area contributed by atoms with Gasteiger partial charge in [0.05, 0.1) is 12.1 Å². The van der Waals surface area contributed by atoms with Crippen molar-refractivity contribution in [3.63, 3.8) is 0 Å². The molecule has 0 spiro atoms. The zero-order valence-electron chi connectivity index (χ0n) is 15.9. The summed E-state index contributed by atoms with van der Waals surface area (Å²) in [5.41, 5.74) is -0.169. The van der Waals surface area contributed by atoms with E-state index in [1.165, 1.54) is 18.2 Å². The van der Waals surface area contributed by atoms with Gasteiger partial charge in [-0.3, -0.25) is 4.90 Å². The van der Waals surface area contributed by atoms with E-state index in [4.69, 9.17) is 4.74 Å². The largest absolute Gasteiger partial charge is 0.492 e. The first-order chi connectivity index (χ1) is 13.8. The van der Waals surface area contributed by atoms with E-state index in [0.29, 0.717) is 30.9 Å². The van der Waals surface area contributed by atoms with Crippen molar-refractivity contribution in [1.82, 2.24) is 14.5 Å². The smallest absolute Gasteiger partial charge is 0.416 e. The van der Waals surface area contributed by atoms with Gasteiger partial charge in [0.25, 0.3) is 0 Å². The highest BCUT2D eigenvalue weighted by Crippen LogP contribution is 2.30. The van der Waals surface area contributed by atoms with Gasteiger partial charge in [0.15, 0.2) is 0 Å². The number of imidazole rings is 1. The zero-order chi connectivity index (χ0) is 20.9. The van der Waals surface area contributed by atoms with E-state index < -0.39 is 11.7 Å². The van der Waals surface area contributed by atoms with Crippen LogP contribution < -0.4 is 4.74 Å².